The number of hydrogen-bond acceptors (Lipinski definition) is 2. The van der Waals surface area contributed by atoms with Crippen molar-refractivity contribution in [1.29, 1.82) is 0 Å². The van der Waals surface area contributed by atoms with Gasteiger partial charge in [0, 0.05) is 4.47 Å². The Hall–Kier alpha value is -1.57. The number of benzene rings is 1. The van der Waals surface area contributed by atoms with E-state index in [1.54, 1.807) is 12.1 Å². The van der Waals surface area contributed by atoms with Gasteiger partial charge in [-0.3, -0.25) is 9.59 Å². The van der Waals surface area contributed by atoms with Crippen molar-refractivity contribution in [1.82, 2.24) is 10.6 Å². The lowest BCUT2D eigenvalue weighted by Gasteiger charge is -2.38. The third-order valence-corrected chi connectivity index (χ3v) is 4.57. The van der Waals surface area contributed by atoms with Crippen LogP contribution >= 0.6 is 15.9 Å². The van der Waals surface area contributed by atoms with Gasteiger partial charge in [0.15, 0.2) is 0 Å². The molecule has 0 aromatic heterocycles. The molecule has 1 aliphatic heterocycles. The van der Waals surface area contributed by atoms with Crippen LogP contribution in [0.2, 0.25) is 0 Å². The van der Waals surface area contributed by atoms with E-state index < -0.39 is 36.0 Å². The molecule has 2 amide bonds. The molecule has 22 heavy (non-hydrogen) atoms. The molecule has 2 aliphatic rings. The van der Waals surface area contributed by atoms with Crippen LogP contribution < -0.4 is 10.6 Å². The molecule has 8 heteroatoms. The second kappa shape index (κ2) is 4.97. The molecule has 118 valence electrons. The Kier molecular flexibility index (Phi) is 3.47. The molecule has 0 radical (unpaired) electrons. The minimum absolute atomic E-state index is 0.342. The summed E-state index contributed by atoms with van der Waals surface area (Å²) in [5, 5.41) is 4.75. The first-order valence-corrected chi connectivity index (χ1v) is 7.49. The summed E-state index contributed by atoms with van der Waals surface area (Å²) in [7, 11) is 0. The van der Waals surface area contributed by atoms with Crippen molar-refractivity contribution in [2.45, 2.75) is 37.0 Å². The van der Waals surface area contributed by atoms with Gasteiger partial charge < -0.3 is 10.6 Å². The number of aryl methyl sites for hydroxylation is 1. The van der Waals surface area contributed by atoms with Crippen LogP contribution in [0.5, 0.6) is 0 Å². The van der Waals surface area contributed by atoms with Crippen molar-refractivity contribution in [2.24, 2.45) is 0 Å². The fourth-order valence-corrected chi connectivity index (χ4v) is 3.49. The van der Waals surface area contributed by atoms with Crippen LogP contribution in [0.25, 0.3) is 0 Å². The molecular weight excluding hydrogens is 365 g/mol. The molecule has 0 saturated carbocycles. The number of fused-ring (bicyclic) bond motifs is 2. The van der Waals surface area contributed by atoms with Gasteiger partial charge in [-0.1, -0.05) is 22.0 Å². The van der Waals surface area contributed by atoms with E-state index in [-0.39, 0.29) is 0 Å². The fourth-order valence-electron chi connectivity index (χ4n) is 3.08. The lowest BCUT2D eigenvalue weighted by molar-refractivity contribution is -0.158. The molecule has 1 heterocycles. The van der Waals surface area contributed by atoms with E-state index in [9.17, 15) is 22.8 Å². The van der Waals surface area contributed by atoms with Crippen LogP contribution in [0.3, 0.4) is 0 Å². The van der Waals surface area contributed by atoms with Crippen LogP contribution in [0, 0.1) is 0 Å². The van der Waals surface area contributed by atoms with Crippen molar-refractivity contribution in [3.8, 4) is 0 Å². The second-order valence-electron chi connectivity index (χ2n) is 5.54. The predicted octanol–water partition coefficient (Wildman–Crippen LogP) is 2.16. The standard InChI is InChI=1S/C14H12BrF3N2O2/c15-8-1-2-9-7(5-8)3-4-13(9)12(22)19-10(11(21)20-13)6-14(16,17)18/h1-2,5,10H,3-4,6H2,(H,19,22)(H,20,21)/t10-,13?/m1/s1. The number of amides is 2. The van der Waals surface area contributed by atoms with Gasteiger partial charge >= 0.3 is 6.18 Å². The van der Waals surface area contributed by atoms with E-state index in [0.717, 1.165) is 10.0 Å². The normalized spacial score (nSPS) is 27.5. The predicted molar refractivity (Wildman–Crippen MR) is 74.9 cm³/mol. The molecule has 1 aliphatic carbocycles. The van der Waals surface area contributed by atoms with Crippen molar-refractivity contribution in [3.63, 3.8) is 0 Å². The first-order valence-electron chi connectivity index (χ1n) is 6.70. The van der Waals surface area contributed by atoms with Gasteiger partial charge in [0.1, 0.15) is 11.6 Å². The molecule has 1 aromatic carbocycles. The molecule has 4 nitrogen and oxygen atoms in total. The average Bonchev–Trinajstić information content (AvgIpc) is 2.74. The lowest BCUT2D eigenvalue weighted by Crippen LogP contribution is -2.67. The van der Waals surface area contributed by atoms with Crippen molar-refractivity contribution in [3.05, 3.63) is 33.8 Å². The third kappa shape index (κ3) is 2.49. The maximum absolute atomic E-state index is 12.5. The molecule has 1 fully saturated rings. The van der Waals surface area contributed by atoms with E-state index in [1.807, 2.05) is 6.07 Å². The third-order valence-electron chi connectivity index (χ3n) is 4.08. The lowest BCUT2D eigenvalue weighted by atomic mass is 9.87. The number of carbonyl (C=O) groups is 2. The zero-order chi connectivity index (χ0) is 16.1. The maximum Gasteiger partial charge on any atom is 0.391 e. The quantitative estimate of drug-likeness (QED) is 0.788. The summed E-state index contributed by atoms with van der Waals surface area (Å²) in [6.07, 6.45) is -4.96. The SMILES string of the molecule is O=C1NC2(CCc3cc(Br)ccc32)C(=O)N[C@@H]1CC(F)(F)F. The van der Waals surface area contributed by atoms with Crippen LogP contribution in [-0.2, 0) is 21.5 Å². The van der Waals surface area contributed by atoms with Gasteiger partial charge in [-0.2, -0.15) is 13.2 Å². The highest BCUT2D eigenvalue weighted by atomic mass is 79.9. The summed E-state index contributed by atoms with van der Waals surface area (Å²) < 4.78 is 38.2. The molecular formula is C14H12BrF3N2O2. The molecule has 1 unspecified atom stereocenters. The molecule has 0 bridgehead atoms. The van der Waals surface area contributed by atoms with Crippen LogP contribution in [0.15, 0.2) is 22.7 Å². The summed E-state index contributed by atoms with van der Waals surface area (Å²) in [6, 6.07) is 3.74. The maximum atomic E-state index is 12.5. The van der Waals surface area contributed by atoms with E-state index >= 15 is 0 Å². The van der Waals surface area contributed by atoms with Gasteiger partial charge in [0.05, 0.1) is 6.42 Å². The molecule has 1 saturated heterocycles. The van der Waals surface area contributed by atoms with Gasteiger partial charge in [0.2, 0.25) is 5.91 Å². The Morgan fingerprint density at radius 1 is 1.32 bits per heavy atom. The number of piperazine rings is 1. The fraction of sp³-hybridized carbons (Fsp3) is 0.429. The van der Waals surface area contributed by atoms with E-state index in [4.69, 9.17) is 0 Å². The average molecular weight is 377 g/mol. The number of nitrogens with one attached hydrogen (secondary N) is 2. The van der Waals surface area contributed by atoms with Gasteiger partial charge in [-0.15, -0.1) is 0 Å². The van der Waals surface area contributed by atoms with Crippen LogP contribution in [-0.4, -0.2) is 24.0 Å². The number of alkyl halides is 3. The van der Waals surface area contributed by atoms with Gasteiger partial charge in [-0.05, 0) is 36.1 Å². The van der Waals surface area contributed by atoms with E-state index in [2.05, 4.69) is 26.6 Å². The number of rotatable bonds is 1. The number of hydrogen-bond donors (Lipinski definition) is 2. The summed E-state index contributed by atoms with van der Waals surface area (Å²) in [6.45, 7) is 0. The Bertz CT molecular complexity index is 662. The summed E-state index contributed by atoms with van der Waals surface area (Å²) in [5.74, 6) is -1.38. The zero-order valence-corrected chi connectivity index (χ0v) is 12.8. The highest BCUT2D eigenvalue weighted by Gasteiger charge is 2.52. The Morgan fingerprint density at radius 2 is 2.05 bits per heavy atom. The molecule has 1 spiro atoms. The molecule has 3 rings (SSSR count). The summed E-state index contributed by atoms with van der Waals surface area (Å²) >= 11 is 3.33. The zero-order valence-electron chi connectivity index (χ0n) is 11.3. The molecule has 2 N–H and O–H groups in total. The van der Waals surface area contributed by atoms with Crippen LogP contribution in [0.1, 0.15) is 24.0 Å². The Morgan fingerprint density at radius 3 is 2.73 bits per heavy atom. The highest BCUT2D eigenvalue weighted by Crippen LogP contribution is 2.40. The molecule has 1 aromatic rings. The first-order chi connectivity index (χ1) is 10.2. The van der Waals surface area contributed by atoms with Crippen molar-refractivity contribution in [2.75, 3.05) is 0 Å². The van der Waals surface area contributed by atoms with Crippen LogP contribution in [0.4, 0.5) is 13.2 Å². The first kappa shape index (κ1) is 15.3. The summed E-state index contributed by atoms with van der Waals surface area (Å²) in [4.78, 5) is 24.4. The summed E-state index contributed by atoms with van der Waals surface area (Å²) in [5.41, 5.74) is 0.293. The van der Waals surface area contributed by atoms with Crippen molar-refractivity contribution >= 4 is 27.7 Å². The highest BCUT2D eigenvalue weighted by molar-refractivity contribution is 9.10. The smallest absolute Gasteiger partial charge is 0.342 e. The Balaban J connectivity index is 1.90. The number of halogens is 4. The topological polar surface area (TPSA) is 58.2 Å². The minimum Gasteiger partial charge on any atom is -0.342 e. The van der Waals surface area contributed by atoms with Gasteiger partial charge in [0.25, 0.3) is 5.91 Å². The minimum atomic E-state index is -4.52. The number of carbonyl (C=O) groups excluding carboxylic acids is 2. The Labute approximate surface area is 132 Å². The second-order valence-corrected chi connectivity index (χ2v) is 6.46. The largest absolute Gasteiger partial charge is 0.391 e. The van der Waals surface area contributed by atoms with Crippen molar-refractivity contribution < 1.29 is 22.8 Å². The molecule has 2 atom stereocenters. The van der Waals surface area contributed by atoms with E-state index in [0.29, 0.717) is 18.4 Å². The van der Waals surface area contributed by atoms with E-state index in [1.165, 1.54) is 0 Å². The monoisotopic (exact) mass is 376 g/mol. The van der Waals surface area contributed by atoms with Gasteiger partial charge in [-0.25, -0.2) is 0 Å².